The van der Waals surface area contributed by atoms with Gasteiger partial charge in [-0.05, 0) is 42.6 Å². The van der Waals surface area contributed by atoms with Crippen LogP contribution < -0.4 is 5.73 Å². The summed E-state index contributed by atoms with van der Waals surface area (Å²) in [6, 6.07) is 17.0. The van der Waals surface area contributed by atoms with Crippen molar-refractivity contribution in [1.29, 1.82) is 0 Å². The highest BCUT2D eigenvalue weighted by atomic mass is 79.9. The van der Waals surface area contributed by atoms with Crippen molar-refractivity contribution >= 4 is 26.8 Å². The van der Waals surface area contributed by atoms with Gasteiger partial charge in [-0.25, -0.2) is 0 Å². The summed E-state index contributed by atoms with van der Waals surface area (Å²) in [5.74, 6) is 0. The third kappa shape index (κ3) is 3.04. The van der Waals surface area contributed by atoms with Gasteiger partial charge in [0.25, 0.3) is 0 Å². The Morgan fingerprint density at radius 1 is 0.952 bits per heavy atom. The Hall–Kier alpha value is -1.58. The molecule has 0 aliphatic carbocycles. The molecule has 0 saturated heterocycles. The lowest BCUT2D eigenvalue weighted by atomic mass is 10.1. The van der Waals surface area contributed by atoms with Crippen LogP contribution in [0.3, 0.4) is 0 Å². The molecule has 1 aromatic heterocycles. The van der Waals surface area contributed by atoms with Crippen LogP contribution in [-0.4, -0.2) is 11.1 Å². The first kappa shape index (κ1) is 14.4. The summed E-state index contributed by atoms with van der Waals surface area (Å²) in [7, 11) is 0. The van der Waals surface area contributed by atoms with Crippen molar-refractivity contribution in [3.63, 3.8) is 0 Å². The zero-order chi connectivity index (χ0) is 14.7. The molecule has 0 aliphatic rings. The first-order chi connectivity index (χ1) is 10.3. The van der Waals surface area contributed by atoms with Gasteiger partial charge in [-0.3, -0.25) is 0 Å². The molecule has 2 nitrogen and oxygen atoms in total. The van der Waals surface area contributed by atoms with Crippen molar-refractivity contribution in [2.75, 3.05) is 6.54 Å². The second kappa shape index (κ2) is 6.46. The fourth-order valence-corrected chi connectivity index (χ4v) is 3.17. The molecule has 3 heteroatoms. The Labute approximate surface area is 133 Å². The van der Waals surface area contributed by atoms with Gasteiger partial charge in [-0.2, -0.15) is 0 Å². The van der Waals surface area contributed by atoms with Crippen LogP contribution in [0.25, 0.3) is 10.9 Å². The van der Waals surface area contributed by atoms with Crippen molar-refractivity contribution < 1.29 is 0 Å². The number of para-hydroxylation sites is 1. The highest BCUT2D eigenvalue weighted by Gasteiger charge is 2.09. The van der Waals surface area contributed by atoms with E-state index in [-0.39, 0.29) is 0 Å². The largest absolute Gasteiger partial charge is 0.343 e. The molecule has 3 rings (SSSR count). The van der Waals surface area contributed by atoms with Gasteiger partial charge in [-0.15, -0.1) is 0 Å². The smallest absolute Gasteiger partial charge is 0.0487 e. The molecule has 0 radical (unpaired) electrons. The van der Waals surface area contributed by atoms with Gasteiger partial charge in [0.05, 0.1) is 0 Å². The molecule has 0 spiro atoms. The molecule has 0 atom stereocenters. The Morgan fingerprint density at radius 2 is 1.71 bits per heavy atom. The topological polar surface area (TPSA) is 30.9 Å². The van der Waals surface area contributed by atoms with Gasteiger partial charge in [-0.1, -0.05) is 52.3 Å². The lowest BCUT2D eigenvalue weighted by Crippen LogP contribution is -2.00. The second-order valence-electron chi connectivity index (χ2n) is 5.28. The number of halogens is 1. The Morgan fingerprint density at radius 3 is 2.52 bits per heavy atom. The van der Waals surface area contributed by atoms with E-state index >= 15 is 0 Å². The minimum Gasteiger partial charge on any atom is -0.343 e. The molecule has 0 saturated carbocycles. The zero-order valence-electron chi connectivity index (χ0n) is 11.9. The summed E-state index contributed by atoms with van der Waals surface area (Å²) in [6.45, 7) is 1.62. The maximum absolute atomic E-state index is 5.66. The van der Waals surface area contributed by atoms with Gasteiger partial charge in [0.2, 0.25) is 0 Å². The molecule has 2 aromatic carbocycles. The summed E-state index contributed by atoms with van der Waals surface area (Å²) in [5.41, 5.74) is 9.64. The van der Waals surface area contributed by atoms with Gasteiger partial charge in [0, 0.05) is 28.1 Å². The molecule has 3 aromatic rings. The van der Waals surface area contributed by atoms with E-state index in [1.807, 2.05) is 6.07 Å². The molecule has 1 heterocycles. The van der Waals surface area contributed by atoms with Crippen LogP contribution in [0, 0.1) is 0 Å². The Balaban J connectivity index is 2.00. The summed E-state index contributed by atoms with van der Waals surface area (Å²) in [4.78, 5) is 0. The van der Waals surface area contributed by atoms with Gasteiger partial charge in [0.1, 0.15) is 0 Å². The van der Waals surface area contributed by atoms with Crippen LogP contribution in [-0.2, 0) is 13.0 Å². The van der Waals surface area contributed by atoms with E-state index in [1.54, 1.807) is 0 Å². The Bertz CT molecular complexity index is 746. The van der Waals surface area contributed by atoms with Crippen LogP contribution in [0.1, 0.15) is 17.5 Å². The molecule has 108 valence electrons. The monoisotopic (exact) mass is 342 g/mol. The summed E-state index contributed by atoms with van der Waals surface area (Å²) >= 11 is 3.64. The highest BCUT2D eigenvalue weighted by molar-refractivity contribution is 9.10. The minimum atomic E-state index is 0.740. The van der Waals surface area contributed by atoms with Crippen molar-refractivity contribution in [3.8, 4) is 0 Å². The summed E-state index contributed by atoms with van der Waals surface area (Å²) in [6.07, 6.45) is 4.35. The first-order valence-corrected chi connectivity index (χ1v) is 8.09. The predicted octanol–water partition coefficient (Wildman–Crippen LogP) is 4.34. The number of rotatable bonds is 5. The maximum atomic E-state index is 5.66. The average molecular weight is 343 g/mol. The van der Waals surface area contributed by atoms with E-state index in [0.717, 1.165) is 30.4 Å². The summed E-state index contributed by atoms with van der Waals surface area (Å²) < 4.78 is 3.49. The number of benzene rings is 2. The van der Waals surface area contributed by atoms with Crippen LogP contribution in [0.4, 0.5) is 0 Å². The lowest BCUT2D eigenvalue weighted by molar-refractivity contribution is 0.804. The lowest BCUT2D eigenvalue weighted by Gasteiger charge is -2.07. The van der Waals surface area contributed by atoms with E-state index in [2.05, 4.69) is 69.2 Å². The summed E-state index contributed by atoms with van der Waals surface area (Å²) in [5, 5.41) is 1.35. The molecule has 0 unspecified atom stereocenters. The second-order valence-corrected chi connectivity index (χ2v) is 6.14. The van der Waals surface area contributed by atoms with Crippen LogP contribution >= 0.6 is 15.9 Å². The zero-order valence-corrected chi connectivity index (χ0v) is 13.5. The SMILES string of the molecule is NCCCc1cn(Cc2ccccc2Br)c2ccccc12. The molecular weight excluding hydrogens is 324 g/mol. The first-order valence-electron chi connectivity index (χ1n) is 7.30. The molecule has 0 aliphatic heterocycles. The van der Waals surface area contributed by atoms with Crippen molar-refractivity contribution in [3.05, 3.63) is 70.3 Å². The molecule has 0 bridgehead atoms. The third-order valence-electron chi connectivity index (χ3n) is 3.82. The molecule has 2 N–H and O–H groups in total. The van der Waals surface area contributed by atoms with E-state index in [9.17, 15) is 0 Å². The van der Waals surface area contributed by atoms with Crippen molar-refractivity contribution in [2.24, 2.45) is 5.73 Å². The van der Waals surface area contributed by atoms with Crippen molar-refractivity contribution in [1.82, 2.24) is 4.57 Å². The number of hydrogen-bond donors (Lipinski definition) is 1. The molecule has 0 amide bonds. The van der Waals surface area contributed by atoms with E-state index < -0.39 is 0 Å². The van der Waals surface area contributed by atoms with Crippen LogP contribution in [0.15, 0.2) is 59.2 Å². The molecule has 21 heavy (non-hydrogen) atoms. The third-order valence-corrected chi connectivity index (χ3v) is 4.59. The molecular formula is C18H19BrN2. The Kier molecular flexibility index (Phi) is 4.42. The number of fused-ring (bicyclic) bond motifs is 1. The number of nitrogens with two attached hydrogens (primary N) is 1. The van der Waals surface area contributed by atoms with E-state index in [0.29, 0.717) is 0 Å². The fourth-order valence-electron chi connectivity index (χ4n) is 2.76. The normalized spacial score (nSPS) is 11.1. The van der Waals surface area contributed by atoms with Crippen LogP contribution in [0.5, 0.6) is 0 Å². The highest BCUT2D eigenvalue weighted by Crippen LogP contribution is 2.25. The van der Waals surface area contributed by atoms with Gasteiger partial charge >= 0.3 is 0 Å². The van der Waals surface area contributed by atoms with Crippen LogP contribution in [0.2, 0.25) is 0 Å². The maximum Gasteiger partial charge on any atom is 0.0487 e. The van der Waals surface area contributed by atoms with E-state index in [1.165, 1.54) is 22.0 Å². The fraction of sp³-hybridized carbons (Fsp3) is 0.222. The van der Waals surface area contributed by atoms with Crippen molar-refractivity contribution in [2.45, 2.75) is 19.4 Å². The van der Waals surface area contributed by atoms with E-state index in [4.69, 9.17) is 5.73 Å². The van der Waals surface area contributed by atoms with Gasteiger partial charge in [0.15, 0.2) is 0 Å². The average Bonchev–Trinajstić information content (AvgIpc) is 2.86. The number of aryl methyl sites for hydroxylation is 1. The molecule has 0 fully saturated rings. The number of hydrogen-bond acceptors (Lipinski definition) is 1. The van der Waals surface area contributed by atoms with Gasteiger partial charge < -0.3 is 10.3 Å². The minimum absolute atomic E-state index is 0.740. The number of aromatic nitrogens is 1. The standard InChI is InChI=1S/C18H19BrN2/c19-17-9-3-1-6-15(17)13-21-12-14(7-5-11-20)16-8-2-4-10-18(16)21/h1-4,6,8-10,12H,5,7,11,13,20H2. The quantitative estimate of drug-likeness (QED) is 0.734. The predicted molar refractivity (Wildman–Crippen MR) is 92.6 cm³/mol. The number of nitrogens with zero attached hydrogens (tertiary/aromatic N) is 1.